The topological polar surface area (TPSA) is 88.2 Å². The number of thiocarbonyl (C=S) groups is 1. The molecule has 1 unspecified atom stereocenters. The highest BCUT2D eigenvalue weighted by Crippen LogP contribution is 2.27. The van der Waals surface area contributed by atoms with E-state index in [1.807, 2.05) is 0 Å². The zero-order valence-corrected chi connectivity index (χ0v) is 12.0. The van der Waals surface area contributed by atoms with Crippen molar-refractivity contribution in [3.63, 3.8) is 0 Å². The Morgan fingerprint density at radius 2 is 2.37 bits per heavy atom. The predicted molar refractivity (Wildman–Crippen MR) is 78.0 cm³/mol. The Labute approximate surface area is 118 Å². The summed E-state index contributed by atoms with van der Waals surface area (Å²) in [5.74, 6) is 0.395. The number of nitro benzene ring substituents is 1. The molecule has 1 aromatic rings. The van der Waals surface area contributed by atoms with E-state index < -0.39 is 15.8 Å². The second-order valence-corrected chi connectivity index (χ2v) is 6.24. The Morgan fingerprint density at radius 3 is 2.95 bits per heavy atom. The molecule has 0 aromatic heterocycles. The van der Waals surface area contributed by atoms with Gasteiger partial charge in [-0.15, -0.1) is 0 Å². The number of rotatable bonds is 4. The Balaban J connectivity index is 2.76. The second kappa shape index (κ2) is 6.92. The lowest BCUT2D eigenvalue weighted by Crippen LogP contribution is -2.28. The zero-order valence-electron chi connectivity index (χ0n) is 10.4. The molecular formula is C11H12N3O3S2+. The van der Waals surface area contributed by atoms with Crippen LogP contribution < -0.4 is 10.1 Å². The quantitative estimate of drug-likeness (QED) is 0.228. The monoisotopic (exact) mass is 298 g/mol. The van der Waals surface area contributed by atoms with Crippen LogP contribution in [0.4, 0.5) is 5.69 Å². The second-order valence-electron chi connectivity index (χ2n) is 3.65. The molecule has 1 N–H and O–H groups in total. The molecule has 0 heterocycles. The van der Waals surface area contributed by atoms with Crippen LogP contribution in [0.5, 0.6) is 5.75 Å². The number of benzene rings is 1. The van der Waals surface area contributed by atoms with Crippen LogP contribution in [0.25, 0.3) is 0 Å². The van der Waals surface area contributed by atoms with Crippen LogP contribution in [0.15, 0.2) is 18.2 Å². The molecule has 0 saturated carbocycles. The van der Waals surface area contributed by atoms with Crippen molar-refractivity contribution in [3.05, 3.63) is 33.9 Å². The summed E-state index contributed by atoms with van der Waals surface area (Å²) in [5.41, 5.74) is 0.715. The van der Waals surface area contributed by atoms with Gasteiger partial charge in [-0.25, -0.2) is 5.32 Å². The molecule has 0 radical (unpaired) electrons. The largest absolute Gasteiger partial charge is 0.441 e. The van der Waals surface area contributed by atoms with Crippen molar-refractivity contribution in [2.75, 3.05) is 12.2 Å². The van der Waals surface area contributed by atoms with E-state index in [1.165, 1.54) is 6.07 Å². The predicted octanol–water partition coefficient (Wildman–Crippen LogP) is 1.84. The third kappa shape index (κ3) is 4.39. The molecule has 8 heteroatoms. The summed E-state index contributed by atoms with van der Waals surface area (Å²) >= 11 is 4.96. The van der Waals surface area contributed by atoms with Gasteiger partial charge >= 0.3 is 10.0 Å². The Bertz CT molecular complexity index is 542. The molecule has 100 valence electrons. The molecule has 0 saturated heterocycles. The van der Waals surface area contributed by atoms with Crippen LogP contribution in [0, 0.1) is 28.5 Å². The Morgan fingerprint density at radius 1 is 1.68 bits per heavy atom. The molecule has 1 atom stereocenters. The number of ether oxygens (including phenoxy) is 1. The Hall–Kier alpha value is -1.85. The first-order chi connectivity index (χ1) is 8.95. The molecule has 0 fully saturated rings. The van der Waals surface area contributed by atoms with Crippen molar-refractivity contribution >= 4 is 33.1 Å². The van der Waals surface area contributed by atoms with Crippen molar-refractivity contribution in [1.82, 2.24) is 5.32 Å². The highest BCUT2D eigenvalue weighted by Gasteiger charge is 2.22. The lowest BCUT2D eigenvalue weighted by molar-refractivity contribution is -0.385. The van der Waals surface area contributed by atoms with Gasteiger partial charge in [0.2, 0.25) is 5.75 Å². The van der Waals surface area contributed by atoms with E-state index in [0.717, 1.165) is 5.56 Å². The van der Waals surface area contributed by atoms with Gasteiger partial charge < -0.3 is 4.74 Å². The van der Waals surface area contributed by atoms with Gasteiger partial charge in [0.1, 0.15) is 6.26 Å². The Kier molecular flexibility index (Phi) is 5.54. The van der Waals surface area contributed by atoms with E-state index in [2.05, 4.69) is 5.32 Å². The first kappa shape index (κ1) is 15.2. The van der Waals surface area contributed by atoms with Crippen LogP contribution in [-0.4, -0.2) is 21.4 Å². The third-order valence-corrected chi connectivity index (χ3v) is 4.34. The van der Waals surface area contributed by atoms with Gasteiger partial charge in [-0.2, -0.15) is 5.26 Å². The van der Waals surface area contributed by atoms with Crippen LogP contribution in [0.1, 0.15) is 5.56 Å². The van der Waals surface area contributed by atoms with Crippen molar-refractivity contribution in [2.45, 2.75) is 6.92 Å². The van der Waals surface area contributed by atoms with E-state index >= 15 is 0 Å². The van der Waals surface area contributed by atoms with Crippen molar-refractivity contribution in [3.8, 4) is 11.9 Å². The molecule has 0 aliphatic carbocycles. The number of aryl methyl sites for hydroxylation is 1. The van der Waals surface area contributed by atoms with Gasteiger partial charge in [-0.3, -0.25) is 10.1 Å². The summed E-state index contributed by atoms with van der Waals surface area (Å²) in [6.45, 7) is 1.77. The SMILES string of the molecule is Cc1ccc(OC[S+](C)C(=S)NC#N)c([N+](=O)[O-])c1. The first-order valence-electron chi connectivity index (χ1n) is 5.15. The fourth-order valence-corrected chi connectivity index (χ4v) is 2.05. The van der Waals surface area contributed by atoms with Crippen LogP contribution in [0.3, 0.4) is 0 Å². The van der Waals surface area contributed by atoms with Gasteiger partial charge in [-0.1, -0.05) is 6.07 Å². The maximum absolute atomic E-state index is 10.9. The standard InChI is InChI=1S/C11H11N3O3S2/c1-8-3-4-10(9(5-8)14(15)16)17-7-19(2)11(18)13-6-12/h3-5H,7H2,1-2H3/p+1. The lowest BCUT2D eigenvalue weighted by atomic mass is 10.2. The molecular weight excluding hydrogens is 286 g/mol. The van der Waals surface area contributed by atoms with Crippen LogP contribution >= 0.6 is 12.2 Å². The average molecular weight is 298 g/mol. The van der Waals surface area contributed by atoms with Crippen LogP contribution in [0.2, 0.25) is 0 Å². The number of nitrogens with zero attached hydrogens (tertiary/aromatic N) is 2. The van der Waals surface area contributed by atoms with Gasteiger partial charge in [0.15, 0.2) is 6.19 Å². The molecule has 1 rings (SSSR count). The minimum absolute atomic E-state index is 0.0730. The smallest absolute Gasteiger partial charge is 0.311 e. The summed E-state index contributed by atoms with van der Waals surface area (Å²) in [5, 5.41) is 21.7. The van der Waals surface area contributed by atoms with Crippen LogP contribution in [-0.2, 0) is 10.9 Å². The maximum atomic E-state index is 10.9. The van der Waals surface area contributed by atoms with Gasteiger partial charge in [0.25, 0.3) is 5.94 Å². The number of nitrogens with one attached hydrogen (secondary N) is 1. The molecule has 1 aromatic carbocycles. The summed E-state index contributed by atoms with van der Waals surface area (Å²) in [6.07, 6.45) is 3.53. The van der Waals surface area contributed by atoms with Crippen molar-refractivity contribution < 1.29 is 9.66 Å². The summed E-state index contributed by atoms with van der Waals surface area (Å²) in [7, 11) is -0.489. The van der Waals surface area contributed by atoms with E-state index in [0.29, 0.717) is 4.32 Å². The normalized spacial score (nSPS) is 11.2. The maximum Gasteiger partial charge on any atom is 0.311 e. The highest BCUT2D eigenvalue weighted by molar-refractivity contribution is 8.20. The zero-order chi connectivity index (χ0) is 14.4. The average Bonchev–Trinajstić information content (AvgIpc) is 2.36. The van der Waals surface area contributed by atoms with Crippen molar-refractivity contribution in [2.24, 2.45) is 0 Å². The minimum atomic E-state index is -0.489. The summed E-state index contributed by atoms with van der Waals surface area (Å²) in [4.78, 5) is 10.4. The van der Waals surface area contributed by atoms with Gasteiger partial charge in [0, 0.05) is 6.07 Å². The number of nitro groups is 1. The molecule has 0 aliphatic heterocycles. The third-order valence-electron chi connectivity index (χ3n) is 2.18. The fraction of sp³-hybridized carbons (Fsp3) is 0.273. The fourth-order valence-electron chi connectivity index (χ4n) is 1.23. The van der Waals surface area contributed by atoms with E-state index in [-0.39, 0.29) is 17.4 Å². The molecule has 6 nitrogen and oxygen atoms in total. The molecule has 19 heavy (non-hydrogen) atoms. The van der Waals surface area contributed by atoms with Gasteiger partial charge in [-0.05, 0) is 30.8 Å². The first-order valence-corrected chi connectivity index (χ1v) is 7.36. The molecule has 0 aliphatic rings. The van der Waals surface area contributed by atoms with E-state index in [1.54, 1.807) is 31.5 Å². The molecule has 0 spiro atoms. The molecule has 0 amide bonds. The van der Waals surface area contributed by atoms with Crippen molar-refractivity contribution in [1.29, 1.82) is 5.26 Å². The van der Waals surface area contributed by atoms with Gasteiger partial charge in [0.05, 0.1) is 15.8 Å². The van der Waals surface area contributed by atoms with E-state index in [9.17, 15) is 10.1 Å². The number of nitriles is 1. The number of hydrogen-bond acceptors (Lipinski definition) is 5. The highest BCUT2D eigenvalue weighted by atomic mass is 32.2. The summed E-state index contributed by atoms with van der Waals surface area (Å²) in [6, 6.07) is 4.75. The lowest BCUT2D eigenvalue weighted by Gasteiger charge is -2.06. The molecule has 0 bridgehead atoms. The summed E-state index contributed by atoms with van der Waals surface area (Å²) < 4.78 is 5.79. The van der Waals surface area contributed by atoms with E-state index in [4.69, 9.17) is 22.2 Å². The minimum Gasteiger partial charge on any atom is -0.441 e. The number of hydrogen-bond donors (Lipinski definition) is 1.